The van der Waals surface area contributed by atoms with Crippen LogP contribution in [0.5, 0.6) is 11.5 Å². The molecule has 1 aromatic heterocycles. The molecule has 1 spiro atoms. The molecular formula is C25H29N3O4. The zero-order valence-electron chi connectivity index (χ0n) is 18.6. The van der Waals surface area contributed by atoms with E-state index in [0.717, 1.165) is 73.3 Å². The minimum Gasteiger partial charge on any atom is -0.504 e. The van der Waals surface area contributed by atoms with E-state index in [1.807, 2.05) is 17.9 Å². The van der Waals surface area contributed by atoms with Crippen molar-refractivity contribution in [1.82, 2.24) is 14.8 Å². The molecule has 0 radical (unpaired) electrons. The predicted molar refractivity (Wildman–Crippen MR) is 117 cm³/mol. The number of hydrogen-bond acceptors (Lipinski definition) is 5. The molecule has 1 aromatic carbocycles. The van der Waals surface area contributed by atoms with Crippen LogP contribution in [0.1, 0.15) is 63.8 Å². The largest absolute Gasteiger partial charge is 0.504 e. The number of H-pyrrole nitrogens is 1. The van der Waals surface area contributed by atoms with Gasteiger partial charge in [-0.1, -0.05) is 6.07 Å². The van der Waals surface area contributed by atoms with Crippen molar-refractivity contribution in [2.45, 2.75) is 62.2 Å². The summed E-state index contributed by atoms with van der Waals surface area (Å²) in [6.45, 7) is 4.44. The summed E-state index contributed by atoms with van der Waals surface area (Å²) in [6, 6.07) is 3.67. The summed E-state index contributed by atoms with van der Waals surface area (Å²) >= 11 is 0. The molecular weight excluding hydrogens is 406 g/mol. The zero-order chi connectivity index (χ0) is 22.0. The molecule has 4 atom stereocenters. The lowest BCUT2D eigenvalue weighted by Crippen LogP contribution is -2.73. The van der Waals surface area contributed by atoms with E-state index in [1.165, 1.54) is 0 Å². The van der Waals surface area contributed by atoms with Crippen molar-refractivity contribution < 1.29 is 19.7 Å². The highest BCUT2D eigenvalue weighted by molar-refractivity contribution is 5.95. The summed E-state index contributed by atoms with van der Waals surface area (Å²) in [4.78, 5) is 21.0. The van der Waals surface area contributed by atoms with Gasteiger partial charge in [0, 0.05) is 31.1 Å². The Kier molecular flexibility index (Phi) is 3.49. The van der Waals surface area contributed by atoms with Crippen LogP contribution < -0.4 is 4.74 Å². The third-order valence-corrected chi connectivity index (χ3v) is 9.21. The van der Waals surface area contributed by atoms with Gasteiger partial charge in [-0.3, -0.25) is 4.79 Å². The highest BCUT2D eigenvalue weighted by Gasteiger charge is 2.72. The summed E-state index contributed by atoms with van der Waals surface area (Å²) in [6.07, 6.45) is 3.62. The van der Waals surface area contributed by atoms with Crippen LogP contribution in [0.3, 0.4) is 0 Å². The zero-order valence-corrected chi connectivity index (χ0v) is 18.6. The molecule has 7 rings (SSSR count). The molecule has 2 bridgehead atoms. The van der Waals surface area contributed by atoms with E-state index in [4.69, 9.17) is 4.74 Å². The topological polar surface area (TPSA) is 89.0 Å². The van der Waals surface area contributed by atoms with Gasteiger partial charge in [-0.15, -0.1) is 0 Å². The standard InChI is InChI=1S/C25H29N3O4/c1-13-15-12-25(31)17-11-14-5-6-16(29)21-18(14)24(25,7-10-27(17)2)22(32-21)20(15)26-19(13)23(30)28-8-3-4-9-28/h5-6,17,22,26,29,31H,3-4,7-12H2,1-2H3. The number of ether oxygens (including phenoxy) is 1. The Hall–Kier alpha value is -2.51. The number of nitrogens with one attached hydrogen (secondary N) is 1. The van der Waals surface area contributed by atoms with Crippen molar-refractivity contribution in [2.75, 3.05) is 26.7 Å². The number of carbonyl (C=O) groups is 1. The maximum Gasteiger partial charge on any atom is 0.270 e. The van der Waals surface area contributed by atoms with Gasteiger partial charge in [-0.2, -0.15) is 0 Å². The fourth-order valence-corrected chi connectivity index (χ4v) is 7.61. The predicted octanol–water partition coefficient (Wildman–Crippen LogP) is 2.18. The van der Waals surface area contributed by atoms with Crippen molar-refractivity contribution in [3.05, 3.63) is 45.8 Å². The number of amides is 1. The second-order valence-electron chi connectivity index (χ2n) is 10.5. The Morgan fingerprint density at radius 3 is 2.81 bits per heavy atom. The van der Waals surface area contributed by atoms with E-state index in [1.54, 1.807) is 6.07 Å². The third-order valence-electron chi connectivity index (χ3n) is 9.21. The van der Waals surface area contributed by atoms with Crippen LogP contribution in [0.15, 0.2) is 12.1 Å². The molecule has 7 nitrogen and oxygen atoms in total. The van der Waals surface area contributed by atoms with Crippen molar-refractivity contribution in [3.8, 4) is 11.5 Å². The number of aliphatic hydroxyl groups is 1. The number of nitrogens with zero attached hydrogens (tertiary/aromatic N) is 2. The summed E-state index contributed by atoms with van der Waals surface area (Å²) in [5.74, 6) is 0.688. The Morgan fingerprint density at radius 1 is 1.25 bits per heavy atom. The monoisotopic (exact) mass is 435 g/mol. The van der Waals surface area contributed by atoms with Crippen molar-refractivity contribution in [1.29, 1.82) is 0 Å². The van der Waals surface area contributed by atoms with Crippen LogP contribution >= 0.6 is 0 Å². The molecule has 32 heavy (non-hydrogen) atoms. The average Bonchev–Trinajstić information content (AvgIpc) is 3.48. The molecule has 2 aliphatic carbocycles. The number of aromatic amines is 1. The number of rotatable bonds is 1. The lowest BCUT2D eigenvalue weighted by molar-refractivity contribution is -0.167. The van der Waals surface area contributed by atoms with E-state index in [9.17, 15) is 15.0 Å². The maximum absolute atomic E-state index is 13.3. The molecule has 0 saturated carbocycles. The van der Waals surface area contributed by atoms with Crippen LogP contribution in [0, 0.1) is 6.92 Å². The van der Waals surface area contributed by atoms with Gasteiger partial charge in [0.25, 0.3) is 5.91 Å². The van der Waals surface area contributed by atoms with Crippen LogP contribution in [-0.4, -0.2) is 69.2 Å². The van der Waals surface area contributed by atoms with Gasteiger partial charge < -0.3 is 29.7 Å². The van der Waals surface area contributed by atoms with Gasteiger partial charge >= 0.3 is 0 Å². The second kappa shape index (κ2) is 5.88. The van der Waals surface area contributed by atoms with Crippen LogP contribution in [0.25, 0.3) is 0 Å². The average molecular weight is 436 g/mol. The highest BCUT2D eigenvalue weighted by atomic mass is 16.5. The van der Waals surface area contributed by atoms with Gasteiger partial charge in [0.05, 0.1) is 16.7 Å². The number of aromatic nitrogens is 1. The molecule has 2 saturated heterocycles. The lowest BCUT2D eigenvalue weighted by atomic mass is 9.49. The Labute approximate surface area is 187 Å². The minimum atomic E-state index is -1.02. The third kappa shape index (κ3) is 1.95. The molecule has 3 N–H and O–H groups in total. The molecule has 2 aromatic rings. The number of likely N-dealkylation sites (tertiary alicyclic amines) is 2. The first-order chi connectivity index (χ1) is 15.4. The Balaban J connectivity index is 1.46. The molecule has 3 aliphatic heterocycles. The van der Waals surface area contributed by atoms with E-state index in [0.29, 0.717) is 17.9 Å². The van der Waals surface area contributed by atoms with E-state index >= 15 is 0 Å². The van der Waals surface area contributed by atoms with E-state index in [-0.39, 0.29) is 17.7 Å². The van der Waals surface area contributed by atoms with E-state index in [2.05, 4.69) is 16.9 Å². The first-order valence-corrected chi connectivity index (χ1v) is 11.8. The van der Waals surface area contributed by atoms with Crippen LogP contribution in [-0.2, 0) is 18.3 Å². The number of likely N-dealkylation sites (N-methyl/N-ethyl adjacent to an activating group) is 1. The van der Waals surface area contributed by atoms with E-state index < -0.39 is 17.1 Å². The number of carbonyl (C=O) groups excluding carboxylic acids is 1. The number of piperidine rings is 1. The van der Waals surface area contributed by atoms with Crippen LogP contribution in [0.2, 0.25) is 0 Å². The van der Waals surface area contributed by atoms with Gasteiger partial charge in [0.1, 0.15) is 5.69 Å². The molecule has 168 valence electrons. The number of benzene rings is 1. The number of fused-ring (bicyclic) bond motifs is 2. The highest BCUT2D eigenvalue weighted by Crippen LogP contribution is 2.68. The summed E-state index contributed by atoms with van der Waals surface area (Å²) in [5, 5.41) is 23.2. The fourth-order valence-electron chi connectivity index (χ4n) is 7.61. The van der Waals surface area contributed by atoms with Gasteiger partial charge in [-0.25, -0.2) is 0 Å². The SMILES string of the molecule is Cc1c(C(=O)N2CCCC2)[nH]c2c1CC1(O)C3Cc4ccc(O)c5c4C1(CCN3C)C2O5. The Morgan fingerprint density at radius 2 is 2.03 bits per heavy atom. The molecule has 5 aliphatic rings. The number of phenols is 1. The quantitative estimate of drug-likeness (QED) is 0.639. The van der Waals surface area contributed by atoms with Gasteiger partial charge in [0.15, 0.2) is 17.6 Å². The summed E-state index contributed by atoms with van der Waals surface area (Å²) in [7, 11) is 2.09. The van der Waals surface area contributed by atoms with Gasteiger partial charge in [0.2, 0.25) is 0 Å². The normalized spacial score (nSPS) is 34.3. The van der Waals surface area contributed by atoms with Crippen LogP contribution in [0.4, 0.5) is 0 Å². The number of aromatic hydroxyl groups is 1. The van der Waals surface area contributed by atoms with Gasteiger partial charge in [-0.05, 0) is 69.0 Å². The first kappa shape index (κ1) is 19.0. The first-order valence-electron chi connectivity index (χ1n) is 11.8. The smallest absolute Gasteiger partial charge is 0.270 e. The molecule has 1 amide bonds. The second-order valence-corrected chi connectivity index (χ2v) is 10.5. The minimum absolute atomic E-state index is 0.0365. The van der Waals surface area contributed by atoms with Crippen molar-refractivity contribution >= 4 is 5.91 Å². The molecule has 7 heteroatoms. The maximum atomic E-state index is 13.3. The lowest BCUT2D eigenvalue weighted by Gasteiger charge is -2.62. The summed E-state index contributed by atoms with van der Waals surface area (Å²) in [5.41, 5.74) is 3.96. The fraction of sp³-hybridized carbons (Fsp3) is 0.560. The van der Waals surface area contributed by atoms with Crippen molar-refractivity contribution in [3.63, 3.8) is 0 Å². The number of phenolic OH excluding ortho intramolecular Hbond substituents is 1. The molecule has 4 unspecified atom stereocenters. The molecule has 4 heterocycles. The summed E-state index contributed by atoms with van der Waals surface area (Å²) < 4.78 is 6.53. The Bertz CT molecular complexity index is 1180. The van der Waals surface area contributed by atoms with Crippen molar-refractivity contribution in [2.24, 2.45) is 0 Å². The number of hydrogen-bond donors (Lipinski definition) is 3. The molecule has 2 fully saturated rings.